The number of hydrogen-bond acceptors (Lipinski definition) is 5. The third kappa shape index (κ3) is 4.70. The number of carbonyl (C=O) groups excluding carboxylic acids is 1. The van der Waals surface area contributed by atoms with Crippen LogP contribution in [0.15, 0.2) is 79.1 Å². The van der Waals surface area contributed by atoms with Crippen LogP contribution in [0.4, 0.5) is 4.39 Å². The van der Waals surface area contributed by atoms with E-state index in [0.29, 0.717) is 17.7 Å². The first-order valence-corrected chi connectivity index (χ1v) is 12.5. The summed E-state index contributed by atoms with van der Waals surface area (Å²) in [7, 11) is 0. The van der Waals surface area contributed by atoms with Gasteiger partial charge in [-0.3, -0.25) is 19.8 Å². The van der Waals surface area contributed by atoms with E-state index < -0.39 is 0 Å². The van der Waals surface area contributed by atoms with Crippen LogP contribution >= 0.6 is 0 Å². The van der Waals surface area contributed by atoms with E-state index in [4.69, 9.17) is 4.74 Å². The fourth-order valence-electron chi connectivity index (χ4n) is 5.56. The summed E-state index contributed by atoms with van der Waals surface area (Å²) in [5.41, 5.74) is 7.24. The topological polar surface area (TPSA) is 71.1 Å². The zero-order valence-corrected chi connectivity index (χ0v) is 20.5. The number of benzene rings is 2. The fraction of sp³-hybridized carbons (Fsp3) is 0.233. The number of aromatic nitrogens is 3. The van der Waals surface area contributed by atoms with Gasteiger partial charge in [0.25, 0.3) is 0 Å². The normalized spacial score (nSPS) is 19.4. The predicted molar refractivity (Wildman–Crippen MR) is 140 cm³/mol. The minimum absolute atomic E-state index is 0.267. The number of pyridine rings is 1. The van der Waals surface area contributed by atoms with Gasteiger partial charge in [0.1, 0.15) is 17.3 Å². The summed E-state index contributed by atoms with van der Waals surface area (Å²) in [6.07, 6.45) is 7.89. The molecule has 0 aliphatic carbocycles. The van der Waals surface area contributed by atoms with Crippen LogP contribution in [0.3, 0.4) is 0 Å². The molecule has 0 unspecified atom stereocenters. The number of rotatable bonds is 5. The maximum Gasteiger partial charge on any atom is 0.308 e. The molecule has 2 atom stereocenters. The highest BCUT2D eigenvalue weighted by molar-refractivity contribution is 5.89. The highest BCUT2D eigenvalue weighted by Crippen LogP contribution is 2.41. The minimum atomic E-state index is -0.309. The largest absolute Gasteiger partial charge is 0.427 e. The number of carbonyl (C=O) groups is 1. The summed E-state index contributed by atoms with van der Waals surface area (Å²) >= 11 is 0. The average molecular weight is 495 g/mol. The van der Waals surface area contributed by atoms with Gasteiger partial charge in [-0.2, -0.15) is 5.10 Å². The van der Waals surface area contributed by atoms with Crippen LogP contribution in [0.2, 0.25) is 0 Å². The third-order valence-corrected chi connectivity index (χ3v) is 7.30. The number of ether oxygens (including phenoxy) is 1. The van der Waals surface area contributed by atoms with Crippen molar-refractivity contribution in [3.05, 3.63) is 96.2 Å². The summed E-state index contributed by atoms with van der Waals surface area (Å²) in [6, 6.07) is 18.7. The lowest BCUT2D eigenvalue weighted by Gasteiger charge is -2.28. The van der Waals surface area contributed by atoms with Crippen molar-refractivity contribution < 1.29 is 13.9 Å². The van der Waals surface area contributed by atoms with E-state index in [9.17, 15) is 9.18 Å². The first-order valence-electron chi connectivity index (χ1n) is 12.5. The second-order valence-corrected chi connectivity index (χ2v) is 9.66. The molecule has 1 fully saturated rings. The van der Waals surface area contributed by atoms with Crippen molar-refractivity contribution in [3.8, 4) is 28.1 Å². The number of halogens is 1. The highest BCUT2D eigenvalue weighted by Gasteiger charge is 2.35. The summed E-state index contributed by atoms with van der Waals surface area (Å²) in [5.74, 6) is 0.421. The lowest BCUT2D eigenvalue weighted by atomic mass is 9.91. The van der Waals surface area contributed by atoms with Gasteiger partial charge in [0.15, 0.2) is 0 Å². The Morgan fingerprint density at radius 3 is 2.51 bits per heavy atom. The molecule has 2 aromatic heterocycles. The van der Waals surface area contributed by atoms with Gasteiger partial charge < -0.3 is 4.74 Å². The van der Waals surface area contributed by atoms with Crippen LogP contribution in [0.1, 0.15) is 36.9 Å². The molecule has 4 heterocycles. The molecule has 2 aliphatic heterocycles. The molecule has 37 heavy (non-hydrogen) atoms. The SMILES string of the molecule is CC(=O)Oc1ccc([C@@H]2C[C@H]3C=C(c4[nH]nc(-c5ccc(F)cc5)c4-c4ccncc4)CCN3C2)cc1. The molecule has 0 spiro atoms. The Labute approximate surface area is 214 Å². The van der Waals surface area contributed by atoms with Crippen molar-refractivity contribution >= 4 is 11.5 Å². The zero-order valence-electron chi connectivity index (χ0n) is 20.5. The number of esters is 1. The maximum atomic E-state index is 13.6. The zero-order chi connectivity index (χ0) is 25.4. The summed E-state index contributed by atoms with van der Waals surface area (Å²) < 4.78 is 18.8. The molecule has 186 valence electrons. The van der Waals surface area contributed by atoms with Gasteiger partial charge in [-0.15, -0.1) is 0 Å². The summed E-state index contributed by atoms with van der Waals surface area (Å²) in [6.45, 7) is 3.39. The second kappa shape index (κ2) is 9.75. The van der Waals surface area contributed by atoms with Gasteiger partial charge >= 0.3 is 5.97 Å². The van der Waals surface area contributed by atoms with Gasteiger partial charge in [-0.25, -0.2) is 4.39 Å². The molecule has 0 saturated carbocycles. The van der Waals surface area contributed by atoms with E-state index in [1.54, 1.807) is 24.5 Å². The first kappa shape index (κ1) is 23.3. The number of nitrogens with one attached hydrogen (secondary N) is 1. The highest BCUT2D eigenvalue weighted by atomic mass is 19.1. The molecule has 1 N–H and O–H groups in total. The molecule has 4 aromatic rings. The van der Waals surface area contributed by atoms with E-state index in [0.717, 1.165) is 54.0 Å². The second-order valence-electron chi connectivity index (χ2n) is 9.66. The Hall–Kier alpha value is -4.10. The standard InChI is InChI=1S/C30H27FN4O2/c1-19(36)37-27-8-4-20(5-9-27)24-17-26-16-23(12-15-35(26)18-24)30-28(21-10-13-32-14-11-21)29(33-34-30)22-2-6-25(31)7-3-22/h2-11,13-14,16,24,26H,12,15,17-18H2,1H3,(H,33,34)/t24-,26-/m1/s1. The van der Waals surface area contributed by atoms with Crippen molar-refractivity contribution in [1.29, 1.82) is 0 Å². The monoisotopic (exact) mass is 494 g/mol. The van der Waals surface area contributed by atoms with E-state index in [1.807, 2.05) is 24.3 Å². The molecule has 7 heteroatoms. The molecule has 0 radical (unpaired) electrons. The fourth-order valence-corrected chi connectivity index (χ4v) is 5.56. The molecule has 6 rings (SSSR count). The lowest BCUT2D eigenvalue weighted by Crippen LogP contribution is -2.32. The van der Waals surface area contributed by atoms with Crippen molar-refractivity contribution in [2.45, 2.75) is 31.7 Å². The Kier molecular flexibility index (Phi) is 6.14. The molecule has 1 saturated heterocycles. The van der Waals surface area contributed by atoms with Gasteiger partial charge in [-0.05, 0) is 84.0 Å². The van der Waals surface area contributed by atoms with Gasteiger partial charge in [0, 0.05) is 49.6 Å². The van der Waals surface area contributed by atoms with E-state index in [-0.39, 0.29) is 11.8 Å². The third-order valence-electron chi connectivity index (χ3n) is 7.30. The Bertz CT molecular complexity index is 1450. The molecular formula is C30H27FN4O2. The number of nitrogens with zero attached hydrogens (tertiary/aromatic N) is 3. The number of H-pyrrole nitrogens is 1. The summed E-state index contributed by atoms with van der Waals surface area (Å²) in [4.78, 5) is 17.9. The molecule has 0 amide bonds. The molecule has 6 nitrogen and oxygen atoms in total. The van der Waals surface area contributed by atoms with Crippen molar-refractivity contribution in [2.75, 3.05) is 13.1 Å². The van der Waals surface area contributed by atoms with Gasteiger partial charge in [-0.1, -0.05) is 18.2 Å². The van der Waals surface area contributed by atoms with E-state index >= 15 is 0 Å². The van der Waals surface area contributed by atoms with Crippen LogP contribution < -0.4 is 4.74 Å². The molecular weight excluding hydrogens is 467 g/mol. The Morgan fingerprint density at radius 2 is 1.78 bits per heavy atom. The van der Waals surface area contributed by atoms with E-state index in [2.05, 4.69) is 38.3 Å². The van der Waals surface area contributed by atoms with E-state index in [1.165, 1.54) is 30.2 Å². The number of aromatic amines is 1. The minimum Gasteiger partial charge on any atom is -0.427 e. The number of hydrogen-bond donors (Lipinski definition) is 1. The first-order chi connectivity index (χ1) is 18.0. The van der Waals surface area contributed by atoms with Crippen LogP contribution in [0.5, 0.6) is 5.75 Å². The van der Waals surface area contributed by atoms with Crippen LogP contribution in [-0.2, 0) is 4.79 Å². The number of fused-ring (bicyclic) bond motifs is 1. The van der Waals surface area contributed by atoms with Crippen molar-refractivity contribution in [1.82, 2.24) is 20.1 Å². The maximum absolute atomic E-state index is 13.6. The smallest absolute Gasteiger partial charge is 0.308 e. The summed E-state index contributed by atoms with van der Waals surface area (Å²) in [5, 5.41) is 7.99. The molecule has 0 bridgehead atoms. The van der Waals surface area contributed by atoms with Gasteiger partial charge in [0.2, 0.25) is 0 Å². The predicted octanol–water partition coefficient (Wildman–Crippen LogP) is 5.85. The van der Waals surface area contributed by atoms with Crippen LogP contribution in [0, 0.1) is 5.82 Å². The Balaban J connectivity index is 1.30. The molecule has 2 aliphatic rings. The van der Waals surface area contributed by atoms with Crippen molar-refractivity contribution in [3.63, 3.8) is 0 Å². The lowest BCUT2D eigenvalue weighted by molar-refractivity contribution is -0.131. The van der Waals surface area contributed by atoms with Gasteiger partial charge in [0.05, 0.1) is 5.69 Å². The van der Waals surface area contributed by atoms with Crippen LogP contribution in [-0.4, -0.2) is 45.2 Å². The Morgan fingerprint density at radius 1 is 1.03 bits per heavy atom. The molecule has 2 aromatic carbocycles. The van der Waals surface area contributed by atoms with Crippen molar-refractivity contribution in [2.24, 2.45) is 0 Å². The average Bonchev–Trinajstić information content (AvgIpc) is 3.54. The van der Waals surface area contributed by atoms with Crippen LogP contribution in [0.25, 0.3) is 28.0 Å². The quantitative estimate of drug-likeness (QED) is 0.278.